The van der Waals surface area contributed by atoms with E-state index in [-0.39, 0.29) is 11.1 Å². The molecule has 0 N–H and O–H groups in total. The van der Waals surface area contributed by atoms with Crippen LogP contribution in [0.25, 0.3) is 0 Å². The fourth-order valence-corrected chi connectivity index (χ4v) is 1.88. The third-order valence-electron chi connectivity index (χ3n) is 3.01. The molecule has 0 aliphatic carbocycles. The van der Waals surface area contributed by atoms with E-state index in [1.807, 2.05) is 0 Å². The molecule has 0 saturated heterocycles. The molecule has 22 heavy (non-hydrogen) atoms. The number of hydrogen-bond donors (Lipinski definition) is 0. The Morgan fingerprint density at radius 2 is 1.14 bits per heavy atom. The lowest BCUT2D eigenvalue weighted by Crippen LogP contribution is -2.13. The first kappa shape index (κ1) is 15.6. The highest BCUT2D eigenvalue weighted by molar-refractivity contribution is 5.93. The van der Waals surface area contributed by atoms with Crippen LogP contribution in [0.1, 0.15) is 31.8 Å². The smallest absolute Gasteiger partial charge is 0.241 e. The van der Waals surface area contributed by atoms with E-state index in [1.54, 1.807) is 0 Å². The molecule has 0 amide bonds. The average molecular weight is 306 g/mol. The van der Waals surface area contributed by atoms with Gasteiger partial charge in [0.1, 0.15) is 11.6 Å². The minimum atomic E-state index is -0.925. The molecule has 0 aromatic heterocycles. The molecule has 0 aliphatic heterocycles. The van der Waals surface area contributed by atoms with E-state index in [1.165, 1.54) is 26.0 Å². The first-order chi connectivity index (χ1) is 10.4. The third kappa shape index (κ3) is 3.46. The second kappa shape index (κ2) is 6.34. The largest absolute Gasteiger partial charge is 0.386 e. The Hall–Kier alpha value is -2.76. The van der Waals surface area contributed by atoms with Crippen molar-refractivity contribution in [3.05, 3.63) is 70.3 Å². The van der Waals surface area contributed by atoms with Gasteiger partial charge in [-0.3, -0.25) is 0 Å². The summed E-state index contributed by atoms with van der Waals surface area (Å²) < 4.78 is 25.9. The first-order valence-corrected chi connectivity index (χ1v) is 6.34. The number of benzene rings is 2. The summed E-state index contributed by atoms with van der Waals surface area (Å²) in [6, 6.07) is 6.95. The molecule has 2 aromatic carbocycles. The van der Waals surface area contributed by atoms with Gasteiger partial charge in [0.15, 0.2) is 0 Å². The highest BCUT2D eigenvalue weighted by Crippen LogP contribution is 2.14. The van der Waals surface area contributed by atoms with Crippen LogP contribution in [-0.2, 0) is 9.78 Å². The molecule has 2 aromatic rings. The number of carbonyl (C=O) groups excluding carboxylic acids is 2. The van der Waals surface area contributed by atoms with Gasteiger partial charge in [-0.2, -0.15) is 0 Å². The number of rotatable bonds is 2. The molecule has 6 heteroatoms. The van der Waals surface area contributed by atoms with E-state index in [9.17, 15) is 18.4 Å². The molecule has 114 valence electrons. The number of carbonyl (C=O) groups is 2. The summed E-state index contributed by atoms with van der Waals surface area (Å²) in [7, 11) is 0. The second-order valence-corrected chi connectivity index (χ2v) is 4.66. The van der Waals surface area contributed by atoms with E-state index >= 15 is 0 Å². The van der Waals surface area contributed by atoms with Crippen molar-refractivity contribution in [3.8, 4) is 0 Å². The van der Waals surface area contributed by atoms with Gasteiger partial charge < -0.3 is 0 Å². The zero-order chi connectivity index (χ0) is 16.3. The molecule has 0 radical (unpaired) electrons. The highest BCUT2D eigenvalue weighted by Gasteiger charge is 2.17. The maximum absolute atomic E-state index is 13.0. The van der Waals surface area contributed by atoms with Crippen molar-refractivity contribution in [1.82, 2.24) is 0 Å². The Labute approximate surface area is 125 Å². The van der Waals surface area contributed by atoms with E-state index in [2.05, 4.69) is 9.78 Å². The predicted molar refractivity (Wildman–Crippen MR) is 73.1 cm³/mol. The quantitative estimate of drug-likeness (QED) is 0.629. The molecular weight excluding hydrogens is 294 g/mol. The normalized spacial score (nSPS) is 10.2. The molecular formula is C16H12F2O4. The van der Waals surface area contributed by atoms with Crippen LogP contribution < -0.4 is 0 Å². The summed E-state index contributed by atoms with van der Waals surface area (Å²) in [5.41, 5.74) is 0.841. The fraction of sp³-hybridized carbons (Fsp3) is 0.125. The van der Waals surface area contributed by atoms with Crippen LogP contribution >= 0.6 is 0 Å². The van der Waals surface area contributed by atoms with E-state index < -0.39 is 23.6 Å². The van der Waals surface area contributed by atoms with Crippen LogP contribution in [0.4, 0.5) is 8.78 Å². The molecule has 0 fully saturated rings. The Balaban J connectivity index is 2.06. The van der Waals surface area contributed by atoms with Crippen molar-refractivity contribution in [2.75, 3.05) is 0 Å². The third-order valence-corrected chi connectivity index (χ3v) is 3.01. The van der Waals surface area contributed by atoms with Gasteiger partial charge in [0.2, 0.25) is 0 Å². The van der Waals surface area contributed by atoms with Gasteiger partial charge in [0.25, 0.3) is 0 Å². The first-order valence-electron chi connectivity index (χ1n) is 6.34. The summed E-state index contributed by atoms with van der Waals surface area (Å²) >= 11 is 0. The SMILES string of the molecule is Cc1cc(F)ccc1C(=O)OOC(=O)c1ccc(F)cc1C. The monoisotopic (exact) mass is 306 g/mol. The topological polar surface area (TPSA) is 52.6 Å². The lowest BCUT2D eigenvalue weighted by atomic mass is 10.1. The average Bonchev–Trinajstić information content (AvgIpc) is 2.44. The fourth-order valence-electron chi connectivity index (χ4n) is 1.88. The molecule has 0 aliphatic rings. The van der Waals surface area contributed by atoms with Crippen molar-refractivity contribution < 1.29 is 28.1 Å². The zero-order valence-corrected chi connectivity index (χ0v) is 11.9. The van der Waals surface area contributed by atoms with Crippen molar-refractivity contribution in [2.45, 2.75) is 13.8 Å². The number of hydrogen-bond acceptors (Lipinski definition) is 4. The number of aryl methyl sites for hydroxylation is 2. The van der Waals surface area contributed by atoms with Crippen molar-refractivity contribution in [3.63, 3.8) is 0 Å². The van der Waals surface area contributed by atoms with Gasteiger partial charge in [-0.1, -0.05) is 0 Å². The summed E-state index contributed by atoms with van der Waals surface area (Å²) in [6.07, 6.45) is 0. The minimum absolute atomic E-state index is 0.0741. The minimum Gasteiger partial charge on any atom is -0.241 e. The van der Waals surface area contributed by atoms with Gasteiger partial charge in [0.05, 0.1) is 11.1 Å². The summed E-state index contributed by atoms with van der Waals surface area (Å²) in [4.78, 5) is 32.4. The second-order valence-electron chi connectivity index (χ2n) is 4.66. The van der Waals surface area contributed by atoms with Crippen LogP contribution in [0.15, 0.2) is 36.4 Å². The molecule has 0 heterocycles. The molecule has 0 saturated carbocycles. The van der Waals surface area contributed by atoms with Gasteiger partial charge >= 0.3 is 11.9 Å². The van der Waals surface area contributed by atoms with Crippen LogP contribution in [0, 0.1) is 25.5 Å². The van der Waals surface area contributed by atoms with Crippen molar-refractivity contribution in [2.24, 2.45) is 0 Å². The van der Waals surface area contributed by atoms with Gasteiger partial charge in [0, 0.05) is 0 Å². The van der Waals surface area contributed by atoms with Crippen LogP contribution in [0.3, 0.4) is 0 Å². The zero-order valence-electron chi connectivity index (χ0n) is 11.9. The van der Waals surface area contributed by atoms with Gasteiger partial charge in [-0.15, -0.1) is 0 Å². The van der Waals surface area contributed by atoms with Crippen molar-refractivity contribution in [1.29, 1.82) is 0 Å². The molecule has 0 bridgehead atoms. The predicted octanol–water partition coefficient (Wildman–Crippen LogP) is 3.51. The van der Waals surface area contributed by atoms with E-state index in [4.69, 9.17) is 0 Å². The van der Waals surface area contributed by atoms with Crippen molar-refractivity contribution >= 4 is 11.9 Å². The number of halogens is 2. The Morgan fingerprint density at radius 1 is 0.773 bits per heavy atom. The maximum Gasteiger partial charge on any atom is 0.386 e. The highest BCUT2D eigenvalue weighted by atomic mass is 19.1. The molecule has 0 unspecified atom stereocenters. The summed E-state index contributed by atoms with van der Waals surface area (Å²) in [5, 5.41) is 0. The Bertz CT molecular complexity index is 677. The van der Waals surface area contributed by atoms with Crippen LogP contribution in [0.2, 0.25) is 0 Å². The molecule has 0 atom stereocenters. The van der Waals surface area contributed by atoms with E-state index in [0.717, 1.165) is 24.3 Å². The maximum atomic E-state index is 13.0. The lowest BCUT2D eigenvalue weighted by molar-refractivity contribution is -0.187. The molecule has 4 nitrogen and oxygen atoms in total. The summed E-state index contributed by atoms with van der Waals surface area (Å²) in [6.45, 7) is 3.04. The Kier molecular flexibility index (Phi) is 4.50. The standard InChI is InChI=1S/C16H12F2O4/c1-9-7-11(17)3-5-13(9)15(19)21-22-16(20)14-6-4-12(18)8-10(14)2/h3-8H,1-2H3. The van der Waals surface area contributed by atoms with Gasteiger partial charge in [-0.05, 0) is 61.4 Å². The van der Waals surface area contributed by atoms with Gasteiger partial charge in [-0.25, -0.2) is 28.1 Å². The summed E-state index contributed by atoms with van der Waals surface area (Å²) in [5.74, 6) is -2.84. The van der Waals surface area contributed by atoms with E-state index in [0.29, 0.717) is 11.1 Å². The van der Waals surface area contributed by atoms with Crippen LogP contribution in [0.5, 0.6) is 0 Å². The van der Waals surface area contributed by atoms with Crippen LogP contribution in [-0.4, -0.2) is 11.9 Å². The molecule has 0 spiro atoms. The molecule has 2 rings (SSSR count). The lowest BCUT2D eigenvalue weighted by Gasteiger charge is -2.07. The Morgan fingerprint density at radius 3 is 1.45 bits per heavy atom.